The van der Waals surface area contributed by atoms with Crippen molar-refractivity contribution in [3.05, 3.63) is 70.1 Å². The first kappa shape index (κ1) is 17.4. The predicted molar refractivity (Wildman–Crippen MR) is 98.9 cm³/mol. The highest BCUT2D eigenvalue weighted by atomic mass is 35.5. The van der Waals surface area contributed by atoms with Crippen LogP contribution in [-0.2, 0) is 15.8 Å². The van der Waals surface area contributed by atoms with Crippen LogP contribution in [0.25, 0.3) is 10.1 Å². The Kier molecular flexibility index (Phi) is 5.22. The third-order valence-electron chi connectivity index (χ3n) is 3.61. The second-order valence-corrected chi connectivity index (χ2v) is 8.59. The minimum absolute atomic E-state index is 0.0658. The molecule has 0 fully saturated rings. The lowest BCUT2D eigenvalue weighted by atomic mass is 10.1. The summed E-state index contributed by atoms with van der Waals surface area (Å²) < 4.78 is 27.9. The van der Waals surface area contributed by atoms with Crippen molar-refractivity contribution in [2.75, 3.05) is 6.54 Å². The predicted octanol–water partition coefficient (Wildman–Crippen LogP) is 3.71. The maximum atomic E-state index is 12.2. The second-order valence-electron chi connectivity index (χ2n) is 5.44. The molecule has 2 aromatic carbocycles. The molecule has 0 saturated heterocycles. The number of fused-ring (bicyclic) bond motifs is 1. The number of aliphatic hydroxyl groups excluding tert-OH is 1. The van der Waals surface area contributed by atoms with Crippen LogP contribution in [0.2, 0.25) is 5.02 Å². The third kappa shape index (κ3) is 4.15. The van der Waals surface area contributed by atoms with Gasteiger partial charge in [-0.05, 0) is 34.5 Å². The minimum Gasteiger partial charge on any atom is -0.387 e. The second kappa shape index (κ2) is 7.21. The molecule has 3 rings (SSSR count). The maximum absolute atomic E-state index is 12.2. The SMILES string of the molecule is O=S(=O)(Cc1cccc(Cl)c1)NCC(O)c1csc2ccccc12. The fourth-order valence-electron chi connectivity index (χ4n) is 2.47. The van der Waals surface area contributed by atoms with Crippen LogP contribution in [0.5, 0.6) is 0 Å². The molecule has 2 N–H and O–H groups in total. The number of hydrogen-bond donors (Lipinski definition) is 2. The number of hydrogen-bond acceptors (Lipinski definition) is 4. The van der Waals surface area contributed by atoms with Crippen LogP contribution >= 0.6 is 22.9 Å². The van der Waals surface area contributed by atoms with E-state index in [1.807, 2.05) is 29.6 Å². The van der Waals surface area contributed by atoms with Crippen LogP contribution in [0.1, 0.15) is 17.2 Å². The van der Waals surface area contributed by atoms with Gasteiger partial charge in [-0.3, -0.25) is 0 Å². The Labute approximate surface area is 149 Å². The van der Waals surface area contributed by atoms with Crippen molar-refractivity contribution in [3.8, 4) is 0 Å². The van der Waals surface area contributed by atoms with Crippen molar-refractivity contribution in [3.63, 3.8) is 0 Å². The van der Waals surface area contributed by atoms with Gasteiger partial charge in [-0.1, -0.05) is 41.9 Å². The summed E-state index contributed by atoms with van der Waals surface area (Å²) in [5, 5.41) is 13.6. The van der Waals surface area contributed by atoms with Gasteiger partial charge in [0.25, 0.3) is 0 Å². The van der Waals surface area contributed by atoms with Gasteiger partial charge in [-0.25, -0.2) is 13.1 Å². The van der Waals surface area contributed by atoms with Gasteiger partial charge in [0.1, 0.15) is 0 Å². The summed E-state index contributed by atoms with van der Waals surface area (Å²) in [6.45, 7) is -0.0658. The van der Waals surface area contributed by atoms with Crippen molar-refractivity contribution >= 4 is 43.0 Å². The van der Waals surface area contributed by atoms with Crippen molar-refractivity contribution in [1.29, 1.82) is 0 Å². The van der Waals surface area contributed by atoms with E-state index in [9.17, 15) is 13.5 Å². The van der Waals surface area contributed by atoms with E-state index in [1.165, 1.54) is 11.3 Å². The molecule has 0 aliphatic carbocycles. The topological polar surface area (TPSA) is 66.4 Å². The third-order valence-corrected chi connectivity index (χ3v) is 6.15. The van der Waals surface area contributed by atoms with Crippen LogP contribution in [0.15, 0.2) is 53.9 Å². The van der Waals surface area contributed by atoms with E-state index >= 15 is 0 Å². The van der Waals surface area contributed by atoms with Crippen LogP contribution in [0, 0.1) is 0 Å². The minimum atomic E-state index is -3.56. The van der Waals surface area contributed by atoms with E-state index in [2.05, 4.69) is 4.72 Å². The van der Waals surface area contributed by atoms with Gasteiger partial charge in [0.05, 0.1) is 11.9 Å². The zero-order valence-corrected chi connectivity index (χ0v) is 15.0. The Bertz CT molecular complexity index is 953. The molecule has 4 nitrogen and oxygen atoms in total. The van der Waals surface area contributed by atoms with Gasteiger partial charge in [0, 0.05) is 21.8 Å². The summed E-state index contributed by atoms with van der Waals surface area (Å²) in [5.74, 6) is -0.176. The maximum Gasteiger partial charge on any atom is 0.215 e. The van der Waals surface area contributed by atoms with Gasteiger partial charge < -0.3 is 5.11 Å². The van der Waals surface area contributed by atoms with E-state index in [0.717, 1.165) is 15.6 Å². The number of sulfonamides is 1. The van der Waals surface area contributed by atoms with Crippen molar-refractivity contribution < 1.29 is 13.5 Å². The Morgan fingerprint density at radius 2 is 1.96 bits per heavy atom. The largest absolute Gasteiger partial charge is 0.387 e. The molecule has 1 atom stereocenters. The Morgan fingerprint density at radius 3 is 2.75 bits per heavy atom. The van der Waals surface area contributed by atoms with Gasteiger partial charge in [-0.15, -0.1) is 11.3 Å². The van der Waals surface area contributed by atoms with E-state index in [1.54, 1.807) is 24.3 Å². The molecule has 1 unspecified atom stereocenters. The van der Waals surface area contributed by atoms with Crippen molar-refractivity contribution in [2.45, 2.75) is 11.9 Å². The summed E-state index contributed by atoms with van der Waals surface area (Å²) in [5.41, 5.74) is 1.34. The molecule has 0 aliphatic heterocycles. The first-order chi connectivity index (χ1) is 11.4. The monoisotopic (exact) mass is 381 g/mol. The van der Waals surface area contributed by atoms with Gasteiger partial charge in [-0.2, -0.15) is 0 Å². The normalized spacial score (nSPS) is 13.2. The highest BCUT2D eigenvalue weighted by Crippen LogP contribution is 2.30. The number of benzene rings is 2. The zero-order chi connectivity index (χ0) is 17.2. The number of thiophene rings is 1. The van der Waals surface area contributed by atoms with E-state index in [-0.39, 0.29) is 12.3 Å². The van der Waals surface area contributed by atoms with Gasteiger partial charge in [0.15, 0.2) is 0 Å². The Hall–Kier alpha value is -1.44. The molecule has 0 bridgehead atoms. The first-order valence-electron chi connectivity index (χ1n) is 7.30. The average Bonchev–Trinajstić information content (AvgIpc) is 2.96. The lowest BCUT2D eigenvalue weighted by Crippen LogP contribution is -2.29. The summed E-state index contributed by atoms with van der Waals surface area (Å²) >= 11 is 7.40. The average molecular weight is 382 g/mol. The molecule has 1 heterocycles. The molecule has 7 heteroatoms. The summed E-state index contributed by atoms with van der Waals surface area (Å²) in [7, 11) is -3.56. The highest BCUT2D eigenvalue weighted by Gasteiger charge is 2.17. The fraction of sp³-hybridized carbons (Fsp3) is 0.176. The molecule has 24 heavy (non-hydrogen) atoms. The smallest absolute Gasteiger partial charge is 0.215 e. The molecule has 3 aromatic rings. The molecule has 126 valence electrons. The van der Waals surface area contributed by atoms with Crippen LogP contribution in [-0.4, -0.2) is 20.1 Å². The standard InChI is InChI=1S/C17H16ClNO3S2/c18-13-5-3-4-12(8-13)11-24(21,22)19-9-16(20)15-10-23-17-7-2-1-6-14(15)17/h1-8,10,16,19-20H,9,11H2. The van der Waals surface area contributed by atoms with Gasteiger partial charge in [0.2, 0.25) is 10.0 Å². The highest BCUT2D eigenvalue weighted by molar-refractivity contribution is 7.88. The van der Waals surface area contributed by atoms with E-state index < -0.39 is 16.1 Å². The van der Waals surface area contributed by atoms with Crippen LogP contribution < -0.4 is 4.72 Å². The lowest BCUT2D eigenvalue weighted by Gasteiger charge is -2.12. The quantitative estimate of drug-likeness (QED) is 0.684. The van der Waals surface area contributed by atoms with E-state index in [0.29, 0.717) is 10.6 Å². The van der Waals surface area contributed by atoms with Crippen molar-refractivity contribution in [2.24, 2.45) is 0 Å². The van der Waals surface area contributed by atoms with E-state index in [4.69, 9.17) is 11.6 Å². The summed E-state index contributed by atoms with van der Waals surface area (Å²) in [6, 6.07) is 14.4. The van der Waals surface area contributed by atoms with Crippen LogP contribution in [0.4, 0.5) is 0 Å². The number of nitrogens with one attached hydrogen (secondary N) is 1. The number of aliphatic hydroxyl groups is 1. The van der Waals surface area contributed by atoms with Crippen molar-refractivity contribution in [1.82, 2.24) is 4.72 Å². The molecule has 0 amide bonds. The van der Waals surface area contributed by atoms with Gasteiger partial charge >= 0.3 is 0 Å². The molecular formula is C17H16ClNO3S2. The summed E-state index contributed by atoms with van der Waals surface area (Å²) in [6.07, 6.45) is -0.893. The number of halogens is 1. The molecule has 0 spiro atoms. The molecule has 1 aromatic heterocycles. The molecule has 0 radical (unpaired) electrons. The van der Waals surface area contributed by atoms with Crippen LogP contribution in [0.3, 0.4) is 0 Å². The molecule has 0 aliphatic rings. The molecule has 0 saturated carbocycles. The Balaban J connectivity index is 1.68. The number of rotatable bonds is 6. The summed E-state index contributed by atoms with van der Waals surface area (Å²) in [4.78, 5) is 0. The zero-order valence-electron chi connectivity index (χ0n) is 12.6. The first-order valence-corrected chi connectivity index (χ1v) is 10.2. The Morgan fingerprint density at radius 1 is 1.17 bits per heavy atom. The fourth-order valence-corrected chi connectivity index (χ4v) is 4.82. The lowest BCUT2D eigenvalue weighted by molar-refractivity contribution is 0.184. The molecular weight excluding hydrogens is 366 g/mol.